The van der Waals surface area contributed by atoms with Crippen LogP contribution in [0.1, 0.15) is 78.8 Å². The number of sulfonamides is 1. The number of hydrogen-bond donors (Lipinski definition) is 4. The highest BCUT2D eigenvalue weighted by Crippen LogP contribution is 2.45. The summed E-state index contributed by atoms with van der Waals surface area (Å²) >= 11 is 0. The number of nitrogens with zero attached hydrogens (tertiary/aromatic N) is 1. The van der Waals surface area contributed by atoms with Crippen LogP contribution in [0.3, 0.4) is 0 Å². The fourth-order valence-electron chi connectivity index (χ4n) is 6.67. The topological polar surface area (TPSA) is 169 Å². The fraction of sp³-hybridized carbons (Fsp3) is 0.417. The summed E-state index contributed by atoms with van der Waals surface area (Å²) < 4.78 is 41.0. The second-order valence-electron chi connectivity index (χ2n) is 13.1. The predicted molar refractivity (Wildman–Crippen MR) is 184 cm³/mol. The van der Waals surface area contributed by atoms with E-state index in [1.54, 1.807) is 13.8 Å². The zero-order chi connectivity index (χ0) is 34.8. The highest BCUT2D eigenvalue weighted by atomic mass is 32.2. The quantitative estimate of drug-likeness (QED) is 0.118. The number of guanidine groups is 1. The Morgan fingerprint density at radius 1 is 1.02 bits per heavy atom. The number of amides is 1. The van der Waals surface area contributed by atoms with Gasteiger partial charge in [-0.15, -0.1) is 0 Å². The molecule has 48 heavy (non-hydrogen) atoms. The number of aliphatic imine (C=N–C) groups is 1. The van der Waals surface area contributed by atoms with E-state index in [0.29, 0.717) is 30.4 Å². The maximum atomic E-state index is 13.4. The number of carbonyl (C=O) groups is 2. The first-order valence-electron chi connectivity index (χ1n) is 16.2. The Morgan fingerprint density at radius 2 is 1.65 bits per heavy atom. The molecule has 0 saturated heterocycles. The largest absolute Gasteiger partial charge is 0.487 e. The summed E-state index contributed by atoms with van der Waals surface area (Å²) in [6.07, 6.45) is 1.61. The van der Waals surface area contributed by atoms with Crippen LogP contribution in [0.25, 0.3) is 11.1 Å². The molecule has 0 saturated carbocycles. The monoisotopic (exact) mass is 676 g/mol. The molecule has 1 amide bonds. The minimum atomic E-state index is -4.03. The molecule has 1 aliphatic carbocycles. The Balaban J connectivity index is 1.12. The van der Waals surface area contributed by atoms with Gasteiger partial charge in [-0.2, -0.15) is 0 Å². The van der Waals surface area contributed by atoms with Crippen LogP contribution in [0.15, 0.2) is 58.4 Å². The van der Waals surface area contributed by atoms with Crippen molar-refractivity contribution in [1.82, 2.24) is 10.0 Å². The number of nitrogens with two attached hydrogens (primary N) is 1. The van der Waals surface area contributed by atoms with E-state index in [2.05, 4.69) is 15.0 Å². The van der Waals surface area contributed by atoms with Crippen molar-refractivity contribution in [3.8, 4) is 16.9 Å². The van der Waals surface area contributed by atoms with E-state index >= 15 is 0 Å². The average Bonchev–Trinajstić information content (AvgIpc) is 3.34. The number of alkyl carbamates (subject to hydrolysis) is 1. The van der Waals surface area contributed by atoms with Gasteiger partial charge in [-0.05, 0) is 111 Å². The lowest BCUT2D eigenvalue weighted by Crippen LogP contribution is -2.41. The van der Waals surface area contributed by atoms with Gasteiger partial charge < -0.3 is 25.6 Å². The lowest BCUT2D eigenvalue weighted by atomic mass is 9.88. The van der Waals surface area contributed by atoms with Crippen molar-refractivity contribution in [2.45, 2.75) is 89.2 Å². The summed E-state index contributed by atoms with van der Waals surface area (Å²) in [6.45, 7) is 9.67. The number of unbranched alkanes of at least 4 members (excludes halogenated alkanes) is 1. The molecule has 0 radical (unpaired) electrons. The zero-order valence-electron chi connectivity index (χ0n) is 28.1. The lowest BCUT2D eigenvalue weighted by molar-refractivity contribution is -0.139. The summed E-state index contributed by atoms with van der Waals surface area (Å²) in [7, 11) is -4.03. The number of carboxylic acid groups (broad SMARTS) is 1. The van der Waals surface area contributed by atoms with E-state index in [4.69, 9.17) is 15.2 Å². The molecule has 5 N–H and O–H groups in total. The fourth-order valence-corrected chi connectivity index (χ4v) is 8.20. The third-order valence-corrected chi connectivity index (χ3v) is 10.9. The molecule has 1 heterocycles. The number of hydrogen-bond acceptors (Lipinski definition) is 7. The molecule has 3 aromatic rings. The van der Waals surface area contributed by atoms with Gasteiger partial charge in [0.1, 0.15) is 24.0 Å². The SMILES string of the molecule is Cc1c(C)c(S(=O)(=O)NC(N)=NCCCCC(NC(=O)OCC2c3ccccc3-c3ccccc32)C(=O)O)c(C)c2c1OC(C)(C)CC2. The first-order chi connectivity index (χ1) is 22.7. The molecular weight excluding hydrogens is 632 g/mol. The van der Waals surface area contributed by atoms with E-state index in [1.165, 1.54) is 0 Å². The molecule has 5 rings (SSSR count). The third kappa shape index (κ3) is 7.28. The highest BCUT2D eigenvalue weighted by Gasteiger charge is 2.34. The summed E-state index contributed by atoms with van der Waals surface area (Å²) in [5.74, 6) is -0.834. The molecule has 1 unspecified atom stereocenters. The summed E-state index contributed by atoms with van der Waals surface area (Å²) in [4.78, 5) is 28.8. The number of carbonyl (C=O) groups excluding carboxylic acids is 1. The van der Waals surface area contributed by atoms with E-state index in [1.807, 2.05) is 69.3 Å². The number of aliphatic carboxylic acids is 1. The van der Waals surface area contributed by atoms with E-state index < -0.39 is 28.1 Å². The molecule has 0 aromatic heterocycles. The third-order valence-electron chi connectivity index (χ3n) is 9.29. The molecule has 0 bridgehead atoms. The van der Waals surface area contributed by atoms with Gasteiger partial charge in [0.15, 0.2) is 0 Å². The molecule has 12 heteroatoms. The van der Waals surface area contributed by atoms with Crippen LogP contribution < -0.4 is 20.5 Å². The number of fused-ring (bicyclic) bond motifs is 4. The van der Waals surface area contributed by atoms with E-state index in [0.717, 1.165) is 45.6 Å². The van der Waals surface area contributed by atoms with Crippen LogP contribution in [0.5, 0.6) is 5.75 Å². The van der Waals surface area contributed by atoms with Gasteiger partial charge in [0.2, 0.25) is 5.96 Å². The first kappa shape index (κ1) is 34.7. The Bertz CT molecular complexity index is 1820. The minimum absolute atomic E-state index is 0.0755. The average molecular weight is 677 g/mol. The van der Waals surface area contributed by atoms with Crippen LogP contribution in [0, 0.1) is 20.8 Å². The van der Waals surface area contributed by atoms with Crippen molar-refractivity contribution in [1.29, 1.82) is 0 Å². The number of nitrogens with one attached hydrogen (secondary N) is 2. The molecule has 1 aliphatic heterocycles. The normalized spacial score (nSPS) is 15.8. The van der Waals surface area contributed by atoms with Gasteiger partial charge >= 0.3 is 12.1 Å². The number of carboxylic acids is 1. The maximum Gasteiger partial charge on any atom is 0.407 e. The predicted octanol–water partition coefficient (Wildman–Crippen LogP) is 5.47. The Hall–Kier alpha value is -4.58. The van der Waals surface area contributed by atoms with Crippen LogP contribution >= 0.6 is 0 Å². The van der Waals surface area contributed by atoms with Crippen LogP contribution in [-0.2, 0) is 26.0 Å². The van der Waals surface area contributed by atoms with Crippen molar-refractivity contribution < 1.29 is 32.6 Å². The smallest absolute Gasteiger partial charge is 0.407 e. The van der Waals surface area contributed by atoms with E-state index in [9.17, 15) is 23.1 Å². The molecule has 0 spiro atoms. The first-order valence-corrected chi connectivity index (χ1v) is 17.7. The van der Waals surface area contributed by atoms with E-state index in [-0.39, 0.29) is 41.9 Å². The summed E-state index contributed by atoms with van der Waals surface area (Å²) in [5.41, 5.74) is 12.8. The zero-order valence-corrected chi connectivity index (χ0v) is 28.9. The lowest BCUT2D eigenvalue weighted by Gasteiger charge is -2.35. The van der Waals surface area contributed by atoms with Crippen LogP contribution in [-0.4, -0.2) is 56.3 Å². The maximum absolute atomic E-state index is 13.4. The van der Waals surface area contributed by atoms with Gasteiger partial charge in [0.25, 0.3) is 10.0 Å². The van der Waals surface area contributed by atoms with Crippen LogP contribution in [0.4, 0.5) is 4.79 Å². The minimum Gasteiger partial charge on any atom is -0.487 e. The Morgan fingerprint density at radius 3 is 2.27 bits per heavy atom. The van der Waals surface area contributed by atoms with Crippen molar-refractivity contribution in [3.05, 3.63) is 81.9 Å². The van der Waals surface area contributed by atoms with Crippen molar-refractivity contribution in [2.75, 3.05) is 13.2 Å². The molecular formula is C36H44N4O7S. The van der Waals surface area contributed by atoms with Crippen LogP contribution in [0.2, 0.25) is 0 Å². The molecule has 0 fully saturated rings. The molecule has 2 aliphatic rings. The van der Waals surface area contributed by atoms with Crippen molar-refractivity contribution in [3.63, 3.8) is 0 Å². The van der Waals surface area contributed by atoms with Crippen molar-refractivity contribution >= 4 is 28.0 Å². The summed E-state index contributed by atoms with van der Waals surface area (Å²) in [5, 5.41) is 12.2. The highest BCUT2D eigenvalue weighted by molar-refractivity contribution is 7.90. The number of rotatable bonds is 11. The summed E-state index contributed by atoms with van der Waals surface area (Å²) in [6, 6.07) is 14.8. The van der Waals surface area contributed by atoms with Gasteiger partial charge in [-0.1, -0.05) is 48.5 Å². The molecule has 256 valence electrons. The van der Waals surface area contributed by atoms with Gasteiger partial charge in [0.05, 0.1) is 4.90 Å². The van der Waals surface area contributed by atoms with Gasteiger partial charge in [0, 0.05) is 12.5 Å². The second kappa shape index (κ2) is 13.9. The number of ether oxygens (including phenoxy) is 2. The molecule has 3 aromatic carbocycles. The Kier molecular flexibility index (Phi) is 10.0. The number of benzene rings is 3. The van der Waals surface area contributed by atoms with Gasteiger partial charge in [-0.3, -0.25) is 4.99 Å². The standard InChI is InChI=1S/C36H44N4O7S/c1-21-22(2)32(23(3)24-17-18-36(4,5)47-31(21)24)48(44,45)40-34(37)38-19-11-10-16-30(33(41)42)39-35(43)46-20-29-27-14-8-6-12-25(27)26-13-7-9-15-28(26)29/h6-9,12-15,29-30H,10-11,16-20H2,1-5H3,(H,39,43)(H,41,42)(H3,37,38,40). The van der Waals surface area contributed by atoms with Gasteiger partial charge in [-0.25, -0.2) is 22.7 Å². The molecule has 11 nitrogen and oxygen atoms in total. The van der Waals surface area contributed by atoms with Crippen molar-refractivity contribution in [2.24, 2.45) is 10.7 Å². The molecule has 1 atom stereocenters. The Labute approximate surface area is 282 Å². The second-order valence-corrected chi connectivity index (χ2v) is 14.7.